The molecular weight excluding hydrogens is 314 g/mol. The van der Waals surface area contributed by atoms with E-state index in [0.29, 0.717) is 4.67 Å². The molecule has 0 atom stereocenters. The summed E-state index contributed by atoms with van der Waals surface area (Å²) in [4.78, 5) is 10.4. The summed E-state index contributed by atoms with van der Waals surface area (Å²) < 4.78 is 30.4. The summed E-state index contributed by atoms with van der Waals surface area (Å²) in [6, 6.07) is 2.79. The van der Waals surface area contributed by atoms with Crippen molar-refractivity contribution in [3.05, 3.63) is 16.8 Å². The van der Waals surface area contributed by atoms with E-state index in [0.717, 1.165) is 4.31 Å². The number of carboxylic acids is 1. The molecular formula is C9H12BrNO5S. The van der Waals surface area contributed by atoms with Gasteiger partial charge in [0.05, 0.1) is 6.42 Å². The third-order valence-electron chi connectivity index (χ3n) is 2.07. The van der Waals surface area contributed by atoms with E-state index in [-0.39, 0.29) is 24.6 Å². The predicted octanol–water partition coefficient (Wildman–Crippen LogP) is 1.53. The molecule has 96 valence electrons. The fraction of sp³-hybridized carbons (Fsp3) is 0.444. The maximum Gasteiger partial charge on any atom is 0.304 e. The Morgan fingerprint density at radius 2 is 2.18 bits per heavy atom. The van der Waals surface area contributed by atoms with Gasteiger partial charge in [-0.15, -0.1) is 0 Å². The van der Waals surface area contributed by atoms with Gasteiger partial charge in [-0.3, -0.25) is 4.79 Å². The minimum absolute atomic E-state index is 0.0769. The van der Waals surface area contributed by atoms with E-state index in [4.69, 9.17) is 9.52 Å². The molecule has 1 aromatic rings. The van der Waals surface area contributed by atoms with E-state index in [2.05, 4.69) is 15.9 Å². The van der Waals surface area contributed by atoms with Crippen LogP contribution in [0, 0.1) is 0 Å². The zero-order chi connectivity index (χ0) is 13.1. The lowest BCUT2D eigenvalue weighted by molar-refractivity contribution is -0.137. The molecule has 0 spiro atoms. The zero-order valence-electron chi connectivity index (χ0n) is 9.09. The molecule has 0 radical (unpaired) electrons. The molecule has 0 aromatic carbocycles. The van der Waals surface area contributed by atoms with E-state index in [1.54, 1.807) is 6.92 Å². The summed E-state index contributed by atoms with van der Waals surface area (Å²) in [5.74, 6) is -1.04. The van der Waals surface area contributed by atoms with Crippen LogP contribution >= 0.6 is 15.9 Å². The normalized spacial score (nSPS) is 11.9. The molecule has 0 bridgehead atoms. The summed E-state index contributed by atoms with van der Waals surface area (Å²) in [7, 11) is -3.75. The largest absolute Gasteiger partial charge is 0.481 e. The Hall–Kier alpha value is -0.860. The summed E-state index contributed by atoms with van der Waals surface area (Å²) in [6.07, 6.45) is -0.241. The lowest BCUT2D eigenvalue weighted by atomic mass is 10.4. The van der Waals surface area contributed by atoms with E-state index in [1.165, 1.54) is 12.1 Å². The van der Waals surface area contributed by atoms with Crippen LogP contribution in [0.2, 0.25) is 0 Å². The Bertz CT molecular complexity index is 495. The van der Waals surface area contributed by atoms with Crippen LogP contribution in [-0.2, 0) is 14.8 Å². The number of rotatable bonds is 6. The molecule has 0 aliphatic heterocycles. The van der Waals surface area contributed by atoms with Crippen LogP contribution in [0.1, 0.15) is 13.3 Å². The first-order valence-electron chi connectivity index (χ1n) is 4.85. The third kappa shape index (κ3) is 3.55. The topological polar surface area (TPSA) is 87.8 Å². The van der Waals surface area contributed by atoms with Crippen molar-refractivity contribution in [3.63, 3.8) is 0 Å². The van der Waals surface area contributed by atoms with Crippen molar-refractivity contribution in [2.75, 3.05) is 13.1 Å². The number of carbonyl (C=O) groups is 1. The minimum atomic E-state index is -3.75. The fourth-order valence-electron chi connectivity index (χ4n) is 1.23. The van der Waals surface area contributed by atoms with Gasteiger partial charge in [0.25, 0.3) is 10.0 Å². The van der Waals surface area contributed by atoms with Gasteiger partial charge in [0.15, 0.2) is 4.67 Å². The highest BCUT2D eigenvalue weighted by atomic mass is 79.9. The van der Waals surface area contributed by atoms with Crippen molar-refractivity contribution in [3.8, 4) is 0 Å². The van der Waals surface area contributed by atoms with E-state index in [1.807, 2.05) is 0 Å². The number of halogens is 1. The number of aliphatic carboxylic acids is 1. The SMILES string of the molecule is CCN(CCC(=O)O)S(=O)(=O)c1ccc(Br)o1. The Morgan fingerprint density at radius 3 is 2.59 bits per heavy atom. The molecule has 0 aliphatic carbocycles. The summed E-state index contributed by atoms with van der Waals surface area (Å²) in [6.45, 7) is 1.75. The zero-order valence-corrected chi connectivity index (χ0v) is 11.5. The number of sulfonamides is 1. The van der Waals surface area contributed by atoms with Crippen molar-refractivity contribution in [2.45, 2.75) is 18.4 Å². The molecule has 0 unspecified atom stereocenters. The van der Waals surface area contributed by atoms with E-state index < -0.39 is 16.0 Å². The first-order chi connectivity index (χ1) is 7.87. The number of nitrogens with zero attached hydrogens (tertiary/aromatic N) is 1. The molecule has 0 saturated heterocycles. The fourth-order valence-corrected chi connectivity index (χ4v) is 3.01. The van der Waals surface area contributed by atoms with E-state index in [9.17, 15) is 13.2 Å². The lowest BCUT2D eigenvalue weighted by Crippen LogP contribution is -2.32. The predicted molar refractivity (Wildman–Crippen MR) is 63.1 cm³/mol. The number of furan rings is 1. The van der Waals surface area contributed by atoms with Gasteiger partial charge in [0, 0.05) is 13.1 Å². The maximum absolute atomic E-state index is 12.0. The molecule has 0 aliphatic rings. The molecule has 0 saturated carbocycles. The first-order valence-corrected chi connectivity index (χ1v) is 7.08. The molecule has 1 rings (SSSR count). The Morgan fingerprint density at radius 1 is 1.53 bits per heavy atom. The standard InChI is InChI=1S/C9H12BrNO5S/c1-2-11(6-5-8(12)13)17(14,15)9-4-3-7(10)16-9/h3-4H,2,5-6H2,1H3,(H,12,13). The maximum atomic E-state index is 12.0. The minimum Gasteiger partial charge on any atom is -0.481 e. The molecule has 1 heterocycles. The van der Waals surface area contributed by atoms with E-state index >= 15 is 0 Å². The van der Waals surface area contributed by atoms with Gasteiger partial charge in [-0.2, -0.15) is 4.31 Å². The van der Waals surface area contributed by atoms with Gasteiger partial charge < -0.3 is 9.52 Å². The summed E-state index contributed by atoms with van der Waals surface area (Å²) in [5, 5.41) is 8.35. The number of carboxylic acid groups (broad SMARTS) is 1. The Kier molecular flexibility index (Phi) is 4.72. The molecule has 8 heteroatoms. The van der Waals surface area contributed by atoms with Gasteiger partial charge in [-0.05, 0) is 28.1 Å². The van der Waals surface area contributed by atoms with Crippen LogP contribution in [-0.4, -0.2) is 36.9 Å². The second-order valence-electron chi connectivity index (χ2n) is 3.20. The van der Waals surface area contributed by atoms with Crippen molar-refractivity contribution in [1.29, 1.82) is 0 Å². The van der Waals surface area contributed by atoms with Crippen molar-refractivity contribution in [2.24, 2.45) is 0 Å². The molecule has 1 N–H and O–H groups in total. The first kappa shape index (κ1) is 14.2. The third-order valence-corrected chi connectivity index (χ3v) is 4.35. The van der Waals surface area contributed by atoms with Crippen molar-refractivity contribution >= 4 is 31.9 Å². The lowest BCUT2D eigenvalue weighted by Gasteiger charge is -2.17. The quantitative estimate of drug-likeness (QED) is 0.856. The average Bonchev–Trinajstić information content (AvgIpc) is 2.65. The smallest absolute Gasteiger partial charge is 0.304 e. The summed E-state index contributed by atoms with van der Waals surface area (Å²) in [5.41, 5.74) is 0. The monoisotopic (exact) mass is 325 g/mol. The Labute approximate surface area is 107 Å². The van der Waals surface area contributed by atoms with Crippen LogP contribution < -0.4 is 0 Å². The van der Waals surface area contributed by atoms with Gasteiger partial charge in [-0.25, -0.2) is 8.42 Å². The second-order valence-corrected chi connectivity index (χ2v) is 5.85. The highest BCUT2D eigenvalue weighted by Gasteiger charge is 2.26. The van der Waals surface area contributed by atoms with Gasteiger partial charge in [0.1, 0.15) is 0 Å². The number of hydrogen-bond donors (Lipinski definition) is 1. The second kappa shape index (κ2) is 5.65. The molecule has 6 nitrogen and oxygen atoms in total. The van der Waals surface area contributed by atoms with Crippen LogP contribution in [0.25, 0.3) is 0 Å². The van der Waals surface area contributed by atoms with Crippen LogP contribution in [0.3, 0.4) is 0 Å². The molecule has 17 heavy (non-hydrogen) atoms. The molecule has 0 amide bonds. The van der Waals surface area contributed by atoms with Gasteiger partial charge in [0.2, 0.25) is 5.09 Å². The van der Waals surface area contributed by atoms with Crippen molar-refractivity contribution in [1.82, 2.24) is 4.31 Å². The van der Waals surface area contributed by atoms with Gasteiger partial charge >= 0.3 is 5.97 Å². The number of hydrogen-bond acceptors (Lipinski definition) is 4. The highest BCUT2D eigenvalue weighted by molar-refractivity contribution is 9.10. The van der Waals surface area contributed by atoms with Crippen LogP contribution in [0.4, 0.5) is 0 Å². The van der Waals surface area contributed by atoms with Crippen molar-refractivity contribution < 1.29 is 22.7 Å². The summed E-state index contributed by atoms with van der Waals surface area (Å²) >= 11 is 3.01. The van der Waals surface area contributed by atoms with Gasteiger partial charge in [-0.1, -0.05) is 6.92 Å². The highest BCUT2D eigenvalue weighted by Crippen LogP contribution is 2.21. The Balaban J connectivity index is 2.90. The van der Waals surface area contributed by atoms with Crippen LogP contribution in [0.5, 0.6) is 0 Å². The molecule has 1 aromatic heterocycles. The van der Waals surface area contributed by atoms with Crippen LogP contribution in [0.15, 0.2) is 26.3 Å². The molecule has 0 fully saturated rings. The average molecular weight is 326 g/mol.